The van der Waals surface area contributed by atoms with E-state index in [1.54, 1.807) is 0 Å². The van der Waals surface area contributed by atoms with E-state index in [9.17, 15) is 0 Å². The fraction of sp³-hybridized carbons (Fsp3) is 0.667. The van der Waals surface area contributed by atoms with Crippen molar-refractivity contribution in [2.75, 3.05) is 37.8 Å². The lowest BCUT2D eigenvalue weighted by atomic mass is 10.2. The molecule has 1 aromatic heterocycles. The van der Waals surface area contributed by atoms with E-state index in [-0.39, 0.29) is 0 Å². The lowest BCUT2D eigenvalue weighted by molar-refractivity contribution is 0.263. The molecule has 0 saturated heterocycles. The van der Waals surface area contributed by atoms with Gasteiger partial charge in [0.2, 0.25) is 5.88 Å². The standard InChI is InChI=1S/C15H28N4O/c1-11(2)10-20-15-13(16)6-7-14(18-15)17-8-9-19(5)12(3)4/h6-7,11-12H,8-10,16H2,1-5H3,(H,17,18). The molecular formula is C15H28N4O. The van der Waals surface area contributed by atoms with Crippen LogP contribution in [0.25, 0.3) is 0 Å². The van der Waals surface area contributed by atoms with Crippen molar-refractivity contribution in [2.24, 2.45) is 5.92 Å². The Morgan fingerprint density at radius 3 is 2.60 bits per heavy atom. The largest absolute Gasteiger partial charge is 0.476 e. The third-order valence-electron chi connectivity index (χ3n) is 3.10. The van der Waals surface area contributed by atoms with Crippen LogP contribution in [0.4, 0.5) is 11.5 Å². The zero-order valence-corrected chi connectivity index (χ0v) is 13.3. The third-order valence-corrected chi connectivity index (χ3v) is 3.10. The van der Waals surface area contributed by atoms with Crippen LogP contribution in [0.5, 0.6) is 5.88 Å². The first-order valence-electron chi connectivity index (χ1n) is 7.23. The number of nitrogen functional groups attached to an aromatic ring is 1. The number of pyridine rings is 1. The molecule has 0 radical (unpaired) electrons. The van der Waals surface area contributed by atoms with Gasteiger partial charge in [-0.1, -0.05) is 13.8 Å². The Bertz CT molecular complexity index is 407. The van der Waals surface area contributed by atoms with Gasteiger partial charge in [-0.05, 0) is 38.9 Å². The summed E-state index contributed by atoms with van der Waals surface area (Å²) in [4.78, 5) is 6.69. The molecular weight excluding hydrogens is 252 g/mol. The number of nitrogens with zero attached hydrogens (tertiary/aromatic N) is 2. The number of hydrogen-bond acceptors (Lipinski definition) is 5. The summed E-state index contributed by atoms with van der Waals surface area (Å²) in [5.41, 5.74) is 6.45. The maximum absolute atomic E-state index is 5.87. The van der Waals surface area contributed by atoms with Crippen LogP contribution >= 0.6 is 0 Å². The van der Waals surface area contributed by atoms with Crippen LogP contribution in [0.2, 0.25) is 0 Å². The molecule has 5 heteroatoms. The molecule has 0 unspecified atom stereocenters. The highest BCUT2D eigenvalue weighted by atomic mass is 16.5. The van der Waals surface area contributed by atoms with Crippen molar-refractivity contribution >= 4 is 11.5 Å². The molecule has 114 valence electrons. The molecule has 3 N–H and O–H groups in total. The van der Waals surface area contributed by atoms with Gasteiger partial charge in [0.1, 0.15) is 5.82 Å². The predicted octanol–water partition coefficient (Wildman–Crippen LogP) is 2.45. The Balaban J connectivity index is 2.52. The molecule has 0 aliphatic heterocycles. The maximum Gasteiger partial charge on any atom is 0.239 e. The number of nitrogens with one attached hydrogen (secondary N) is 1. The second kappa shape index (κ2) is 7.94. The van der Waals surface area contributed by atoms with Crippen LogP contribution in [-0.4, -0.2) is 42.7 Å². The molecule has 20 heavy (non-hydrogen) atoms. The fourth-order valence-corrected chi connectivity index (χ4v) is 1.53. The SMILES string of the molecule is CC(C)COc1nc(NCCN(C)C(C)C)ccc1N. The summed E-state index contributed by atoms with van der Waals surface area (Å²) in [5, 5.41) is 3.30. The Labute approximate surface area is 122 Å². The highest BCUT2D eigenvalue weighted by Crippen LogP contribution is 2.21. The lowest BCUT2D eigenvalue weighted by Gasteiger charge is -2.21. The Morgan fingerprint density at radius 1 is 1.30 bits per heavy atom. The Hall–Kier alpha value is -1.49. The Kier molecular flexibility index (Phi) is 6.58. The summed E-state index contributed by atoms with van der Waals surface area (Å²) in [6, 6.07) is 4.26. The molecule has 0 spiro atoms. The molecule has 0 atom stereocenters. The number of hydrogen-bond donors (Lipinski definition) is 2. The van der Waals surface area contributed by atoms with Gasteiger partial charge in [-0.2, -0.15) is 4.98 Å². The van der Waals surface area contributed by atoms with E-state index >= 15 is 0 Å². The molecule has 0 aliphatic carbocycles. The highest BCUT2D eigenvalue weighted by Gasteiger charge is 2.06. The van der Waals surface area contributed by atoms with E-state index in [1.165, 1.54) is 0 Å². The van der Waals surface area contributed by atoms with Gasteiger partial charge in [0.05, 0.1) is 12.3 Å². The molecule has 0 aliphatic rings. The number of likely N-dealkylation sites (N-methyl/N-ethyl adjacent to an activating group) is 1. The zero-order valence-electron chi connectivity index (χ0n) is 13.3. The summed E-state index contributed by atoms with van der Waals surface area (Å²) in [6.45, 7) is 11.0. The Morgan fingerprint density at radius 2 is 2.00 bits per heavy atom. The van der Waals surface area contributed by atoms with Gasteiger partial charge in [0.15, 0.2) is 0 Å². The minimum absolute atomic E-state index is 0.451. The van der Waals surface area contributed by atoms with E-state index in [0.29, 0.717) is 30.1 Å². The van der Waals surface area contributed by atoms with Crippen molar-refractivity contribution in [2.45, 2.75) is 33.7 Å². The summed E-state index contributed by atoms with van der Waals surface area (Å²) in [6.07, 6.45) is 0. The zero-order chi connectivity index (χ0) is 15.1. The minimum Gasteiger partial charge on any atom is -0.476 e. The fourth-order valence-electron chi connectivity index (χ4n) is 1.53. The lowest BCUT2D eigenvalue weighted by Crippen LogP contribution is -2.31. The number of rotatable bonds is 8. The summed E-state index contributed by atoms with van der Waals surface area (Å²) in [5.74, 6) is 1.77. The molecule has 0 aromatic carbocycles. The van der Waals surface area contributed by atoms with Crippen molar-refractivity contribution in [3.63, 3.8) is 0 Å². The van der Waals surface area contributed by atoms with Gasteiger partial charge in [0.25, 0.3) is 0 Å². The van der Waals surface area contributed by atoms with Crippen LogP contribution in [0, 0.1) is 5.92 Å². The van der Waals surface area contributed by atoms with Crippen LogP contribution in [0.15, 0.2) is 12.1 Å². The van der Waals surface area contributed by atoms with Crippen LogP contribution < -0.4 is 15.8 Å². The second-order valence-electron chi connectivity index (χ2n) is 5.80. The van der Waals surface area contributed by atoms with Gasteiger partial charge >= 0.3 is 0 Å². The van der Waals surface area contributed by atoms with Gasteiger partial charge < -0.3 is 20.7 Å². The number of ether oxygens (including phenoxy) is 1. The van der Waals surface area contributed by atoms with E-state index in [1.807, 2.05) is 12.1 Å². The number of nitrogens with two attached hydrogens (primary N) is 1. The molecule has 5 nitrogen and oxygen atoms in total. The van der Waals surface area contributed by atoms with E-state index in [4.69, 9.17) is 10.5 Å². The van der Waals surface area contributed by atoms with Crippen LogP contribution in [-0.2, 0) is 0 Å². The van der Waals surface area contributed by atoms with E-state index in [2.05, 4.69) is 49.9 Å². The predicted molar refractivity (Wildman–Crippen MR) is 85.2 cm³/mol. The van der Waals surface area contributed by atoms with Gasteiger partial charge in [-0.25, -0.2) is 0 Å². The first-order chi connectivity index (χ1) is 9.40. The normalized spacial score (nSPS) is 11.4. The van der Waals surface area contributed by atoms with Gasteiger partial charge in [-0.15, -0.1) is 0 Å². The van der Waals surface area contributed by atoms with Gasteiger partial charge in [-0.3, -0.25) is 0 Å². The smallest absolute Gasteiger partial charge is 0.239 e. The summed E-state index contributed by atoms with van der Waals surface area (Å²) in [7, 11) is 2.11. The highest BCUT2D eigenvalue weighted by molar-refractivity contribution is 5.53. The van der Waals surface area contributed by atoms with E-state index < -0.39 is 0 Å². The van der Waals surface area contributed by atoms with Crippen molar-refractivity contribution in [1.29, 1.82) is 0 Å². The first-order valence-corrected chi connectivity index (χ1v) is 7.23. The number of anilines is 2. The van der Waals surface area contributed by atoms with Crippen molar-refractivity contribution < 1.29 is 4.74 Å². The molecule has 0 fully saturated rings. The van der Waals surface area contributed by atoms with Gasteiger partial charge in [0, 0.05) is 19.1 Å². The second-order valence-corrected chi connectivity index (χ2v) is 5.80. The van der Waals surface area contributed by atoms with Crippen molar-refractivity contribution in [1.82, 2.24) is 9.88 Å². The minimum atomic E-state index is 0.451. The van der Waals surface area contributed by atoms with Crippen molar-refractivity contribution in [3.05, 3.63) is 12.1 Å². The number of aromatic nitrogens is 1. The van der Waals surface area contributed by atoms with Crippen LogP contribution in [0.1, 0.15) is 27.7 Å². The molecule has 1 heterocycles. The molecule has 1 rings (SSSR count). The molecule has 1 aromatic rings. The first kappa shape index (κ1) is 16.6. The van der Waals surface area contributed by atoms with E-state index in [0.717, 1.165) is 18.9 Å². The molecule has 0 bridgehead atoms. The van der Waals surface area contributed by atoms with Crippen molar-refractivity contribution in [3.8, 4) is 5.88 Å². The summed E-state index contributed by atoms with van der Waals surface area (Å²) >= 11 is 0. The topological polar surface area (TPSA) is 63.4 Å². The molecule has 0 saturated carbocycles. The third kappa shape index (κ3) is 5.65. The quantitative estimate of drug-likeness (QED) is 0.766. The average Bonchev–Trinajstić information content (AvgIpc) is 2.38. The van der Waals surface area contributed by atoms with Crippen LogP contribution in [0.3, 0.4) is 0 Å². The summed E-state index contributed by atoms with van der Waals surface area (Å²) < 4.78 is 5.62. The molecule has 0 amide bonds. The maximum atomic E-state index is 5.87. The monoisotopic (exact) mass is 280 g/mol. The average molecular weight is 280 g/mol.